The number of nitrogens with zero attached hydrogens (tertiary/aromatic N) is 4. The maximum absolute atomic E-state index is 13.4. The first-order chi connectivity index (χ1) is 17.5. The number of carbonyl (C=O) groups is 1. The van der Waals surface area contributed by atoms with Crippen molar-refractivity contribution in [1.82, 2.24) is 24.4 Å². The van der Waals surface area contributed by atoms with E-state index in [2.05, 4.69) is 15.3 Å². The van der Waals surface area contributed by atoms with Crippen LogP contribution in [0.4, 0.5) is 0 Å². The largest absolute Gasteiger partial charge is 0.497 e. The van der Waals surface area contributed by atoms with Crippen LogP contribution in [0, 0.1) is 0 Å². The Morgan fingerprint density at radius 1 is 1.06 bits per heavy atom. The summed E-state index contributed by atoms with van der Waals surface area (Å²) in [6.07, 6.45) is 2.18. The molecule has 0 saturated carbocycles. The van der Waals surface area contributed by atoms with Gasteiger partial charge in [0.15, 0.2) is 5.65 Å². The monoisotopic (exact) mass is 487 g/mol. The van der Waals surface area contributed by atoms with Gasteiger partial charge in [-0.05, 0) is 35.4 Å². The van der Waals surface area contributed by atoms with E-state index < -0.39 is 0 Å². The van der Waals surface area contributed by atoms with Crippen molar-refractivity contribution < 1.29 is 14.3 Å². The molecule has 1 aliphatic heterocycles. The molecule has 2 aromatic carbocycles. The Balaban J connectivity index is 1.37. The highest BCUT2D eigenvalue weighted by atomic mass is 16.5. The van der Waals surface area contributed by atoms with E-state index >= 15 is 0 Å². The van der Waals surface area contributed by atoms with E-state index in [1.807, 2.05) is 60.1 Å². The number of carbonyl (C=O) groups excluding carboxylic acids is 1. The summed E-state index contributed by atoms with van der Waals surface area (Å²) in [4.78, 5) is 28.7. The molecule has 9 heteroatoms. The zero-order valence-corrected chi connectivity index (χ0v) is 20.7. The molecule has 0 unspecified atom stereocenters. The number of aromatic nitrogens is 3. The average molecular weight is 488 g/mol. The van der Waals surface area contributed by atoms with Crippen molar-refractivity contribution in [3.05, 3.63) is 93.0 Å². The molecule has 2 aromatic heterocycles. The Morgan fingerprint density at radius 2 is 1.83 bits per heavy atom. The van der Waals surface area contributed by atoms with Gasteiger partial charge in [-0.2, -0.15) is 9.61 Å². The minimum atomic E-state index is -0.278. The van der Waals surface area contributed by atoms with E-state index in [0.29, 0.717) is 30.7 Å². The molecule has 0 bridgehead atoms. The SMILES string of the molecule is COc1ccc(CN2CCc3c(c(=O)n4ncc(C(=O)NCc5cccc(OC)c5)c4n3C)C2)cc1. The molecule has 0 atom stereocenters. The molecule has 1 aliphatic rings. The van der Waals surface area contributed by atoms with Gasteiger partial charge in [0.05, 0.1) is 26.0 Å². The topological polar surface area (TPSA) is 90.1 Å². The lowest BCUT2D eigenvalue weighted by molar-refractivity contribution is 0.0952. The Morgan fingerprint density at radius 3 is 2.58 bits per heavy atom. The lowest BCUT2D eigenvalue weighted by atomic mass is 10.1. The standard InChI is InChI=1S/C27H29N5O4/c1-30-24-11-12-31(16-18-7-9-20(35-2)10-8-18)17-23(24)27(34)32-26(30)22(15-29-32)25(33)28-14-19-5-4-6-21(13-19)36-3/h4-10,13,15H,11-12,14,16-17H2,1-3H3,(H,28,33). The van der Waals surface area contributed by atoms with Crippen LogP contribution in [0.25, 0.3) is 5.65 Å². The van der Waals surface area contributed by atoms with Gasteiger partial charge in [-0.1, -0.05) is 24.3 Å². The quantitative estimate of drug-likeness (QED) is 0.431. The van der Waals surface area contributed by atoms with Crippen LogP contribution in [-0.4, -0.2) is 45.8 Å². The number of hydrogen-bond donors (Lipinski definition) is 1. The van der Waals surface area contributed by atoms with E-state index in [0.717, 1.165) is 47.0 Å². The molecule has 3 heterocycles. The highest BCUT2D eigenvalue weighted by molar-refractivity contribution is 5.99. The number of aryl methyl sites for hydroxylation is 1. The lowest BCUT2D eigenvalue weighted by Crippen LogP contribution is -2.38. The smallest absolute Gasteiger partial charge is 0.279 e. The third-order valence-corrected chi connectivity index (χ3v) is 6.71. The first kappa shape index (κ1) is 23.6. The molecule has 0 saturated heterocycles. The molecule has 0 radical (unpaired) electrons. The number of fused-ring (bicyclic) bond motifs is 2. The maximum Gasteiger partial charge on any atom is 0.279 e. The normalized spacial score (nSPS) is 13.4. The maximum atomic E-state index is 13.4. The number of rotatable bonds is 7. The van der Waals surface area contributed by atoms with Crippen LogP contribution in [-0.2, 0) is 33.1 Å². The van der Waals surface area contributed by atoms with Gasteiger partial charge in [0.1, 0.15) is 17.1 Å². The van der Waals surface area contributed by atoms with E-state index in [1.54, 1.807) is 14.2 Å². The first-order valence-corrected chi connectivity index (χ1v) is 11.8. The van der Waals surface area contributed by atoms with Gasteiger partial charge >= 0.3 is 0 Å². The Kier molecular flexibility index (Phi) is 6.47. The molecule has 1 N–H and O–H groups in total. The number of hydrogen-bond acceptors (Lipinski definition) is 6. The lowest BCUT2D eigenvalue weighted by Gasteiger charge is -2.30. The van der Waals surface area contributed by atoms with Gasteiger partial charge in [0.25, 0.3) is 11.5 Å². The predicted octanol–water partition coefficient (Wildman–Crippen LogP) is 2.54. The van der Waals surface area contributed by atoms with Crippen LogP contribution in [0.15, 0.2) is 59.5 Å². The molecule has 4 aromatic rings. The van der Waals surface area contributed by atoms with Crippen molar-refractivity contribution in [1.29, 1.82) is 0 Å². The van der Waals surface area contributed by atoms with Gasteiger partial charge in [-0.3, -0.25) is 14.5 Å². The summed E-state index contributed by atoms with van der Waals surface area (Å²) < 4.78 is 13.8. The number of methoxy groups -OCH3 is 2. The van der Waals surface area contributed by atoms with Crippen LogP contribution in [0.2, 0.25) is 0 Å². The van der Waals surface area contributed by atoms with Gasteiger partial charge in [0.2, 0.25) is 0 Å². The predicted molar refractivity (Wildman–Crippen MR) is 135 cm³/mol. The minimum absolute atomic E-state index is 0.177. The summed E-state index contributed by atoms with van der Waals surface area (Å²) in [6, 6.07) is 15.5. The molecule has 5 rings (SSSR count). The van der Waals surface area contributed by atoms with Crippen LogP contribution >= 0.6 is 0 Å². The fourth-order valence-corrected chi connectivity index (χ4v) is 4.78. The van der Waals surface area contributed by atoms with Crippen molar-refractivity contribution in [2.24, 2.45) is 7.05 Å². The summed E-state index contributed by atoms with van der Waals surface area (Å²) in [5.41, 5.74) is 4.45. The molecule has 0 spiro atoms. The first-order valence-electron chi connectivity index (χ1n) is 11.8. The Labute approximate surface area is 208 Å². The second-order valence-electron chi connectivity index (χ2n) is 8.93. The third kappa shape index (κ3) is 4.45. The number of nitrogens with one attached hydrogen (secondary N) is 1. The zero-order valence-electron chi connectivity index (χ0n) is 20.7. The van der Waals surface area contributed by atoms with Gasteiger partial charge in [-0.25, -0.2) is 0 Å². The second-order valence-corrected chi connectivity index (χ2v) is 8.93. The Hall–Kier alpha value is -4.11. The summed E-state index contributed by atoms with van der Waals surface area (Å²) >= 11 is 0. The fourth-order valence-electron chi connectivity index (χ4n) is 4.78. The molecule has 9 nitrogen and oxygen atoms in total. The average Bonchev–Trinajstić information content (AvgIpc) is 3.37. The molecule has 1 amide bonds. The van der Waals surface area contributed by atoms with Gasteiger partial charge < -0.3 is 19.4 Å². The van der Waals surface area contributed by atoms with Crippen molar-refractivity contribution >= 4 is 11.6 Å². The van der Waals surface area contributed by atoms with Crippen LogP contribution in [0.5, 0.6) is 11.5 Å². The van der Waals surface area contributed by atoms with E-state index in [-0.39, 0.29) is 11.5 Å². The summed E-state index contributed by atoms with van der Waals surface area (Å²) in [5, 5.41) is 7.22. The van der Waals surface area contributed by atoms with Crippen LogP contribution < -0.4 is 20.3 Å². The summed E-state index contributed by atoms with van der Waals surface area (Å²) in [5.74, 6) is 1.27. The highest BCUT2D eigenvalue weighted by Crippen LogP contribution is 2.22. The molecule has 0 fully saturated rings. The molecule has 36 heavy (non-hydrogen) atoms. The summed E-state index contributed by atoms with van der Waals surface area (Å²) in [7, 11) is 5.15. The molecule has 186 valence electrons. The molecule has 0 aliphatic carbocycles. The number of ether oxygens (including phenoxy) is 2. The van der Waals surface area contributed by atoms with Crippen molar-refractivity contribution in [2.75, 3.05) is 20.8 Å². The number of amides is 1. The molecular weight excluding hydrogens is 458 g/mol. The van der Waals surface area contributed by atoms with Crippen LogP contribution in [0.1, 0.15) is 32.7 Å². The van der Waals surface area contributed by atoms with Gasteiger partial charge in [0, 0.05) is 45.3 Å². The van der Waals surface area contributed by atoms with Crippen molar-refractivity contribution in [2.45, 2.75) is 26.1 Å². The van der Waals surface area contributed by atoms with Crippen molar-refractivity contribution in [3.63, 3.8) is 0 Å². The summed E-state index contributed by atoms with van der Waals surface area (Å²) in [6.45, 7) is 2.42. The minimum Gasteiger partial charge on any atom is -0.497 e. The van der Waals surface area contributed by atoms with E-state index in [4.69, 9.17) is 9.47 Å². The second kappa shape index (κ2) is 9.87. The number of benzene rings is 2. The van der Waals surface area contributed by atoms with Crippen molar-refractivity contribution in [3.8, 4) is 11.5 Å². The van der Waals surface area contributed by atoms with Gasteiger partial charge in [-0.15, -0.1) is 0 Å². The zero-order chi connectivity index (χ0) is 25.2. The van der Waals surface area contributed by atoms with Crippen LogP contribution in [0.3, 0.4) is 0 Å². The Bertz CT molecular complexity index is 1470. The fraction of sp³-hybridized carbons (Fsp3) is 0.296. The highest BCUT2D eigenvalue weighted by Gasteiger charge is 2.26. The third-order valence-electron chi connectivity index (χ3n) is 6.71. The van der Waals surface area contributed by atoms with E-state index in [9.17, 15) is 9.59 Å². The van der Waals surface area contributed by atoms with E-state index in [1.165, 1.54) is 10.7 Å². The molecular formula is C27H29N5O4.